The van der Waals surface area contributed by atoms with Crippen molar-refractivity contribution in [2.45, 2.75) is 20.8 Å². The summed E-state index contributed by atoms with van der Waals surface area (Å²) in [4.78, 5) is 15.2. The molecule has 0 aromatic heterocycles. The van der Waals surface area contributed by atoms with Gasteiger partial charge in [-0.15, -0.1) is 0 Å². The van der Waals surface area contributed by atoms with Gasteiger partial charge in [0.15, 0.2) is 5.75 Å². The van der Waals surface area contributed by atoms with E-state index in [1.165, 1.54) is 12.1 Å². The number of benzene rings is 1. The lowest BCUT2D eigenvalue weighted by Crippen LogP contribution is -1.95. The largest absolute Gasteiger partial charge is 0.355 e. The standard InChI is InChI=1S/C10H11ClN2O3/c1-6(2)12-16-10-4-7(3)9(13(14)15)5-8(10)11/h4-5H,1-3H3. The van der Waals surface area contributed by atoms with Crippen LogP contribution in [-0.4, -0.2) is 10.6 Å². The van der Waals surface area contributed by atoms with Crippen molar-refractivity contribution in [3.63, 3.8) is 0 Å². The molecule has 0 spiro atoms. The van der Waals surface area contributed by atoms with Crippen molar-refractivity contribution in [2.24, 2.45) is 5.16 Å². The molecule has 1 aromatic carbocycles. The highest BCUT2D eigenvalue weighted by atomic mass is 35.5. The zero-order valence-corrected chi connectivity index (χ0v) is 9.91. The van der Waals surface area contributed by atoms with E-state index in [0.717, 1.165) is 5.71 Å². The van der Waals surface area contributed by atoms with Crippen LogP contribution in [0.4, 0.5) is 5.69 Å². The molecule has 0 amide bonds. The molecule has 1 rings (SSSR count). The van der Waals surface area contributed by atoms with Crippen LogP contribution < -0.4 is 4.84 Å². The highest BCUT2D eigenvalue weighted by Gasteiger charge is 2.15. The Balaban J connectivity index is 3.10. The predicted molar refractivity (Wildman–Crippen MR) is 62.3 cm³/mol. The summed E-state index contributed by atoms with van der Waals surface area (Å²) in [6, 6.07) is 2.75. The van der Waals surface area contributed by atoms with Crippen molar-refractivity contribution >= 4 is 23.0 Å². The van der Waals surface area contributed by atoms with Crippen molar-refractivity contribution in [1.29, 1.82) is 0 Å². The fourth-order valence-electron chi connectivity index (χ4n) is 1.05. The molecular weight excluding hydrogens is 232 g/mol. The zero-order chi connectivity index (χ0) is 12.3. The number of rotatable bonds is 3. The van der Waals surface area contributed by atoms with Gasteiger partial charge < -0.3 is 4.84 Å². The number of oxime groups is 1. The van der Waals surface area contributed by atoms with Gasteiger partial charge in [-0.3, -0.25) is 10.1 Å². The maximum Gasteiger partial charge on any atom is 0.274 e. The normalized spacial score (nSPS) is 9.75. The molecule has 0 fully saturated rings. The first-order valence-corrected chi connectivity index (χ1v) is 4.92. The molecule has 0 saturated carbocycles. The maximum absolute atomic E-state index is 10.6. The summed E-state index contributed by atoms with van der Waals surface area (Å²) in [5, 5.41) is 14.5. The van der Waals surface area contributed by atoms with E-state index < -0.39 is 4.92 Å². The molecule has 86 valence electrons. The molecule has 0 atom stereocenters. The molecule has 0 N–H and O–H groups in total. The van der Waals surface area contributed by atoms with Gasteiger partial charge in [-0.05, 0) is 26.8 Å². The van der Waals surface area contributed by atoms with Gasteiger partial charge in [0, 0.05) is 11.6 Å². The maximum atomic E-state index is 10.6. The number of nitro groups is 1. The van der Waals surface area contributed by atoms with Crippen LogP contribution in [0.25, 0.3) is 0 Å². The number of hydrogen-bond donors (Lipinski definition) is 0. The van der Waals surface area contributed by atoms with Crippen molar-refractivity contribution in [3.05, 3.63) is 32.8 Å². The Labute approximate surface area is 97.8 Å². The summed E-state index contributed by atoms with van der Waals surface area (Å²) in [6.07, 6.45) is 0. The van der Waals surface area contributed by atoms with E-state index in [1.54, 1.807) is 20.8 Å². The van der Waals surface area contributed by atoms with Gasteiger partial charge in [-0.2, -0.15) is 0 Å². The van der Waals surface area contributed by atoms with Gasteiger partial charge in [-0.25, -0.2) is 0 Å². The second-order valence-corrected chi connectivity index (χ2v) is 3.86. The van der Waals surface area contributed by atoms with Crippen LogP contribution in [0.15, 0.2) is 17.3 Å². The fraction of sp³-hybridized carbons (Fsp3) is 0.300. The van der Waals surface area contributed by atoms with Gasteiger partial charge in [0.1, 0.15) is 0 Å². The van der Waals surface area contributed by atoms with E-state index in [2.05, 4.69) is 5.16 Å². The van der Waals surface area contributed by atoms with Crippen LogP contribution >= 0.6 is 11.6 Å². The molecule has 1 aromatic rings. The Kier molecular flexibility index (Phi) is 3.84. The van der Waals surface area contributed by atoms with E-state index in [1.807, 2.05) is 0 Å². The summed E-state index contributed by atoms with van der Waals surface area (Å²) in [5.74, 6) is 0.311. The average Bonchev–Trinajstić information content (AvgIpc) is 2.18. The first kappa shape index (κ1) is 12.4. The number of nitro benzene ring substituents is 1. The van der Waals surface area contributed by atoms with Crippen molar-refractivity contribution in [2.75, 3.05) is 0 Å². The number of hydrogen-bond acceptors (Lipinski definition) is 4. The third-order valence-electron chi connectivity index (χ3n) is 1.77. The van der Waals surface area contributed by atoms with Crippen LogP contribution in [0.2, 0.25) is 5.02 Å². The Morgan fingerprint density at radius 2 is 2.12 bits per heavy atom. The van der Waals surface area contributed by atoms with Crippen LogP contribution in [-0.2, 0) is 0 Å². The Bertz CT molecular complexity index is 454. The van der Waals surface area contributed by atoms with Crippen molar-refractivity contribution < 1.29 is 9.76 Å². The topological polar surface area (TPSA) is 64.7 Å². The van der Waals surface area contributed by atoms with Gasteiger partial charge in [0.2, 0.25) is 0 Å². The number of halogens is 1. The first-order valence-electron chi connectivity index (χ1n) is 4.54. The SMILES string of the molecule is CC(C)=NOc1cc(C)c([N+](=O)[O-])cc1Cl. The van der Waals surface area contributed by atoms with Crippen molar-refractivity contribution in [1.82, 2.24) is 0 Å². The zero-order valence-electron chi connectivity index (χ0n) is 9.15. The number of aryl methyl sites for hydroxylation is 1. The van der Waals surface area contributed by atoms with E-state index in [9.17, 15) is 10.1 Å². The second-order valence-electron chi connectivity index (χ2n) is 3.46. The molecule has 0 unspecified atom stereocenters. The van der Waals surface area contributed by atoms with E-state index in [0.29, 0.717) is 11.3 Å². The Morgan fingerprint density at radius 3 is 2.62 bits per heavy atom. The predicted octanol–water partition coefficient (Wildman–Crippen LogP) is 3.33. The van der Waals surface area contributed by atoms with Crippen LogP contribution in [0, 0.1) is 17.0 Å². The smallest absolute Gasteiger partial charge is 0.274 e. The second kappa shape index (κ2) is 4.94. The van der Waals surface area contributed by atoms with Crippen LogP contribution in [0.3, 0.4) is 0 Å². The van der Waals surface area contributed by atoms with E-state index in [-0.39, 0.29) is 10.7 Å². The first-order chi connectivity index (χ1) is 7.41. The molecule has 0 heterocycles. The molecule has 0 saturated heterocycles. The minimum atomic E-state index is -0.487. The van der Waals surface area contributed by atoms with Gasteiger partial charge in [0.05, 0.1) is 15.7 Å². The van der Waals surface area contributed by atoms with Crippen molar-refractivity contribution in [3.8, 4) is 5.75 Å². The summed E-state index contributed by atoms with van der Waals surface area (Å²) in [5.41, 5.74) is 1.18. The Morgan fingerprint density at radius 1 is 1.50 bits per heavy atom. The van der Waals surface area contributed by atoms with E-state index >= 15 is 0 Å². The third kappa shape index (κ3) is 2.93. The molecule has 6 heteroatoms. The highest BCUT2D eigenvalue weighted by Crippen LogP contribution is 2.32. The van der Waals surface area contributed by atoms with Crippen LogP contribution in [0.5, 0.6) is 5.75 Å². The molecule has 5 nitrogen and oxygen atoms in total. The van der Waals surface area contributed by atoms with Gasteiger partial charge >= 0.3 is 0 Å². The summed E-state index contributed by atoms with van der Waals surface area (Å²) in [7, 11) is 0. The molecule has 0 radical (unpaired) electrons. The highest BCUT2D eigenvalue weighted by molar-refractivity contribution is 6.32. The Hall–Kier alpha value is -1.62. The third-order valence-corrected chi connectivity index (χ3v) is 2.07. The minimum absolute atomic E-state index is 0.0328. The average molecular weight is 243 g/mol. The van der Waals surface area contributed by atoms with Gasteiger partial charge in [-0.1, -0.05) is 16.8 Å². The monoisotopic (exact) mass is 242 g/mol. The van der Waals surface area contributed by atoms with Gasteiger partial charge in [0.25, 0.3) is 5.69 Å². The lowest BCUT2D eigenvalue weighted by molar-refractivity contribution is -0.385. The number of nitrogens with zero attached hydrogens (tertiary/aromatic N) is 2. The summed E-state index contributed by atoms with van der Waals surface area (Å²) >= 11 is 5.83. The fourth-order valence-corrected chi connectivity index (χ4v) is 1.24. The lowest BCUT2D eigenvalue weighted by atomic mass is 10.2. The van der Waals surface area contributed by atoms with E-state index in [4.69, 9.17) is 16.4 Å². The van der Waals surface area contributed by atoms with Crippen LogP contribution in [0.1, 0.15) is 19.4 Å². The molecule has 0 bridgehead atoms. The quantitative estimate of drug-likeness (QED) is 0.464. The summed E-state index contributed by atoms with van der Waals surface area (Å²) in [6.45, 7) is 5.15. The lowest BCUT2D eigenvalue weighted by Gasteiger charge is -2.04. The molecular formula is C10H11ClN2O3. The summed E-state index contributed by atoms with van der Waals surface area (Å²) < 4.78 is 0. The molecule has 0 aliphatic rings. The molecule has 0 aliphatic carbocycles. The minimum Gasteiger partial charge on any atom is -0.355 e. The molecule has 0 aliphatic heterocycles. The molecule has 16 heavy (non-hydrogen) atoms.